The van der Waals surface area contributed by atoms with E-state index in [-0.39, 0.29) is 18.1 Å². The fourth-order valence-electron chi connectivity index (χ4n) is 4.38. The van der Waals surface area contributed by atoms with E-state index < -0.39 is 0 Å². The number of methoxy groups -OCH3 is 1. The molecular weight excluding hydrogens is 390 g/mol. The number of ether oxygens (including phenoxy) is 1. The summed E-state index contributed by atoms with van der Waals surface area (Å²) in [4.78, 5) is 23.3. The first-order chi connectivity index (χ1) is 14.1. The third-order valence-electron chi connectivity index (χ3n) is 5.79. The van der Waals surface area contributed by atoms with Crippen LogP contribution >= 0.6 is 11.8 Å². The van der Waals surface area contributed by atoms with E-state index in [0.29, 0.717) is 35.1 Å². The predicted molar refractivity (Wildman–Crippen MR) is 110 cm³/mol. The molecule has 2 aliphatic rings. The lowest BCUT2D eigenvalue weighted by atomic mass is 9.77. The number of amides is 1. The molecule has 1 aliphatic carbocycles. The van der Waals surface area contributed by atoms with E-state index in [1.54, 1.807) is 20.2 Å². The highest BCUT2D eigenvalue weighted by Crippen LogP contribution is 2.38. The van der Waals surface area contributed by atoms with Crippen LogP contribution in [0.4, 0.5) is 5.82 Å². The van der Waals surface area contributed by atoms with Crippen LogP contribution in [0.1, 0.15) is 24.6 Å². The smallest absolute Gasteiger partial charge is 0.236 e. The Bertz CT molecular complexity index is 817. The maximum atomic E-state index is 12.7. The predicted octanol–water partition coefficient (Wildman–Crippen LogP) is 2.37. The van der Waals surface area contributed by atoms with Gasteiger partial charge in [-0.05, 0) is 43.7 Å². The highest BCUT2D eigenvalue weighted by Gasteiger charge is 2.43. The molecule has 1 saturated heterocycles. The lowest BCUT2D eigenvalue weighted by Gasteiger charge is -2.37. The molecule has 9 heteroatoms. The topological polar surface area (TPSA) is 93.4 Å². The summed E-state index contributed by atoms with van der Waals surface area (Å²) in [7, 11) is 1.77. The van der Waals surface area contributed by atoms with Crippen molar-refractivity contribution in [3.8, 4) is 0 Å². The Hall–Kier alpha value is -2.13. The molecule has 0 radical (unpaired) electrons. The molecule has 8 nitrogen and oxygen atoms in total. The zero-order chi connectivity index (χ0) is 20.2. The summed E-state index contributed by atoms with van der Waals surface area (Å²) < 4.78 is 10.9. The van der Waals surface area contributed by atoms with Crippen LogP contribution in [0.2, 0.25) is 0 Å². The van der Waals surface area contributed by atoms with E-state index in [4.69, 9.17) is 9.26 Å². The summed E-state index contributed by atoms with van der Waals surface area (Å²) in [5, 5.41) is 7.30. The summed E-state index contributed by atoms with van der Waals surface area (Å²) >= 11 is 1.52. The van der Waals surface area contributed by atoms with Gasteiger partial charge in [0.1, 0.15) is 5.82 Å². The van der Waals surface area contributed by atoms with Crippen molar-refractivity contribution in [1.29, 1.82) is 0 Å². The third kappa shape index (κ3) is 4.90. The first kappa shape index (κ1) is 20.2. The number of nitrogens with zero attached hydrogens (tertiary/aromatic N) is 4. The van der Waals surface area contributed by atoms with Gasteiger partial charge < -0.3 is 19.5 Å². The number of pyridine rings is 1. The number of aromatic nitrogens is 3. The van der Waals surface area contributed by atoms with E-state index in [1.165, 1.54) is 11.8 Å². The number of carbonyl (C=O) groups excluding carboxylic acids is 1. The highest BCUT2D eigenvalue weighted by molar-refractivity contribution is 7.99. The van der Waals surface area contributed by atoms with Crippen molar-refractivity contribution in [1.82, 2.24) is 20.0 Å². The van der Waals surface area contributed by atoms with Crippen molar-refractivity contribution in [2.75, 3.05) is 31.3 Å². The second kappa shape index (κ2) is 9.13. The molecule has 0 bridgehead atoms. The van der Waals surface area contributed by atoms with Gasteiger partial charge in [-0.2, -0.15) is 4.98 Å². The van der Waals surface area contributed by atoms with E-state index in [9.17, 15) is 4.79 Å². The molecule has 1 amide bonds. The van der Waals surface area contributed by atoms with Gasteiger partial charge in [0.15, 0.2) is 5.82 Å². The van der Waals surface area contributed by atoms with Crippen LogP contribution in [0, 0.1) is 18.8 Å². The van der Waals surface area contributed by atoms with Gasteiger partial charge in [-0.1, -0.05) is 11.2 Å². The number of likely N-dealkylation sites (tertiary alicyclic amines) is 1. The number of carbonyl (C=O) groups is 1. The number of hydrogen-bond acceptors (Lipinski definition) is 8. The van der Waals surface area contributed by atoms with Crippen molar-refractivity contribution in [3.05, 3.63) is 36.1 Å². The third-order valence-corrected chi connectivity index (χ3v) is 6.69. The van der Waals surface area contributed by atoms with Gasteiger partial charge in [0, 0.05) is 26.4 Å². The van der Waals surface area contributed by atoms with Crippen molar-refractivity contribution in [2.24, 2.45) is 11.8 Å². The SMILES string of the molecule is CO[C@@H]1C[C@H]2CN(C(=O)CSCc3nc(C)no3)C[C@H]2C[C@H]1Nc1ccccn1. The Kier molecular flexibility index (Phi) is 6.34. The van der Waals surface area contributed by atoms with Crippen LogP contribution in [0.5, 0.6) is 0 Å². The van der Waals surface area contributed by atoms with Gasteiger partial charge in [-0.15, -0.1) is 11.8 Å². The van der Waals surface area contributed by atoms with Gasteiger partial charge in [-0.25, -0.2) is 4.98 Å². The lowest BCUT2D eigenvalue weighted by molar-refractivity contribution is -0.127. The van der Waals surface area contributed by atoms with Gasteiger partial charge in [0.05, 0.1) is 23.7 Å². The van der Waals surface area contributed by atoms with Crippen LogP contribution in [0.15, 0.2) is 28.9 Å². The molecule has 4 atom stereocenters. The number of anilines is 1. The summed E-state index contributed by atoms with van der Waals surface area (Å²) in [5.41, 5.74) is 0. The molecule has 4 rings (SSSR count). The average Bonchev–Trinajstić information content (AvgIpc) is 3.33. The second-order valence-electron chi connectivity index (χ2n) is 7.76. The Labute approximate surface area is 174 Å². The summed E-state index contributed by atoms with van der Waals surface area (Å²) in [6, 6.07) is 6.08. The zero-order valence-electron chi connectivity index (χ0n) is 16.8. The van der Waals surface area contributed by atoms with Gasteiger partial charge >= 0.3 is 0 Å². The Morgan fingerprint density at radius 3 is 2.86 bits per heavy atom. The molecule has 29 heavy (non-hydrogen) atoms. The van der Waals surface area contributed by atoms with Crippen LogP contribution in [0.25, 0.3) is 0 Å². The van der Waals surface area contributed by atoms with Crippen molar-refractivity contribution >= 4 is 23.5 Å². The van der Waals surface area contributed by atoms with E-state index in [2.05, 4.69) is 20.4 Å². The average molecular weight is 418 g/mol. The first-order valence-corrected chi connectivity index (χ1v) is 11.1. The molecule has 156 valence electrons. The number of fused-ring (bicyclic) bond motifs is 1. The quantitative estimate of drug-likeness (QED) is 0.734. The van der Waals surface area contributed by atoms with Crippen LogP contribution in [-0.4, -0.2) is 64.0 Å². The first-order valence-electron chi connectivity index (χ1n) is 9.97. The molecular formula is C20H27N5O3S. The minimum Gasteiger partial charge on any atom is -0.379 e. The molecule has 2 aromatic rings. The molecule has 0 unspecified atom stereocenters. The van der Waals surface area contributed by atoms with Gasteiger partial charge in [0.2, 0.25) is 11.8 Å². The number of nitrogens with one attached hydrogen (secondary N) is 1. The molecule has 1 N–H and O–H groups in total. The fraction of sp³-hybridized carbons (Fsp3) is 0.600. The van der Waals surface area contributed by atoms with Crippen LogP contribution < -0.4 is 5.32 Å². The monoisotopic (exact) mass is 417 g/mol. The standard InChI is InChI=1S/C20H27N5O3S/c1-13-22-19(28-24-13)11-29-12-20(26)25-9-14-7-16(17(27-2)8-15(14)10-25)23-18-5-3-4-6-21-18/h3-6,14-17H,7-12H2,1-2H3,(H,21,23)/t14-,15+,16-,17-/m1/s1. The van der Waals surface area contributed by atoms with Crippen molar-refractivity contribution in [3.63, 3.8) is 0 Å². The summed E-state index contributed by atoms with van der Waals surface area (Å²) in [6.07, 6.45) is 3.87. The van der Waals surface area contributed by atoms with Gasteiger partial charge in [0.25, 0.3) is 0 Å². The van der Waals surface area contributed by atoms with Crippen molar-refractivity contribution in [2.45, 2.75) is 37.7 Å². The van der Waals surface area contributed by atoms with Crippen LogP contribution in [-0.2, 0) is 15.3 Å². The number of aryl methyl sites for hydroxylation is 1. The molecule has 1 aliphatic heterocycles. The second-order valence-corrected chi connectivity index (χ2v) is 8.74. The van der Waals surface area contributed by atoms with E-state index in [0.717, 1.165) is 31.7 Å². The molecule has 2 fully saturated rings. The number of thioether (sulfide) groups is 1. The minimum atomic E-state index is 0.128. The molecule has 0 aromatic carbocycles. The van der Waals surface area contributed by atoms with E-state index in [1.807, 2.05) is 23.1 Å². The number of rotatable bonds is 7. The van der Waals surface area contributed by atoms with Crippen molar-refractivity contribution < 1.29 is 14.1 Å². The molecule has 2 aromatic heterocycles. The lowest BCUT2D eigenvalue weighted by Crippen LogP contribution is -2.44. The largest absolute Gasteiger partial charge is 0.379 e. The molecule has 3 heterocycles. The zero-order valence-corrected chi connectivity index (χ0v) is 17.6. The molecule has 0 spiro atoms. The molecule has 1 saturated carbocycles. The Morgan fingerprint density at radius 2 is 2.17 bits per heavy atom. The number of hydrogen-bond donors (Lipinski definition) is 1. The fourth-order valence-corrected chi connectivity index (χ4v) is 5.13. The minimum absolute atomic E-state index is 0.128. The van der Waals surface area contributed by atoms with E-state index >= 15 is 0 Å². The maximum Gasteiger partial charge on any atom is 0.236 e. The summed E-state index contributed by atoms with van der Waals surface area (Å²) in [5.74, 6) is 4.24. The van der Waals surface area contributed by atoms with Crippen LogP contribution in [0.3, 0.4) is 0 Å². The Balaban J connectivity index is 1.29. The normalized spacial score (nSPS) is 26.3. The maximum absolute atomic E-state index is 12.7. The Morgan fingerprint density at radius 1 is 1.34 bits per heavy atom. The highest BCUT2D eigenvalue weighted by atomic mass is 32.2. The summed E-state index contributed by atoms with van der Waals surface area (Å²) in [6.45, 7) is 3.43. The van der Waals surface area contributed by atoms with Gasteiger partial charge in [-0.3, -0.25) is 4.79 Å².